The number of hydrogen-bond donors (Lipinski definition) is 1. The van der Waals surface area contributed by atoms with E-state index in [9.17, 15) is 4.79 Å². The predicted octanol–water partition coefficient (Wildman–Crippen LogP) is 5.63. The third-order valence-electron chi connectivity index (χ3n) is 6.39. The van der Waals surface area contributed by atoms with Crippen molar-refractivity contribution in [2.75, 3.05) is 13.1 Å². The molecular formula is C27H27ClN6O. The summed E-state index contributed by atoms with van der Waals surface area (Å²) in [4.78, 5) is 24.0. The third kappa shape index (κ3) is 4.91. The van der Waals surface area contributed by atoms with Crippen LogP contribution in [0.1, 0.15) is 43.0 Å². The van der Waals surface area contributed by atoms with Crippen molar-refractivity contribution in [3.8, 4) is 17.2 Å². The second-order valence-electron chi connectivity index (χ2n) is 8.61. The summed E-state index contributed by atoms with van der Waals surface area (Å²) in [6, 6.07) is 21.7. The fraction of sp³-hybridized carbons (Fsp3) is 0.259. The van der Waals surface area contributed by atoms with Crippen LogP contribution in [-0.4, -0.2) is 43.8 Å². The number of piperidine rings is 1. The number of nitrogens with zero attached hydrogens (tertiary/aromatic N) is 5. The number of rotatable bonds is 5. The summed E-state index contributed by atoms with van der Waals surface area (Å²) < 4.78 is 1.81. The minimum Gasteiger partial charge on any atom is -0.338 e. The predicted molar refractivity (Wildman–Crippen MR) is 137 cm³/mol. The van der Waals surface area contributed by atoms with Gasteiger partial charge in [0.15, 0.2) is 0 Å². The Balaban J connectivity index is 1.53. The summed E-state index contributed by atoms with van der Waals surface area (Å²) in [7, 11) is 0. The zero-order valence-electron chi connectivity index (χ0n) is 19.5. The van der Waals surface area contributed by atoms with Gasteiger partial charge in [0.2, 0.25) is 0 Å². The average Bonchev–Trinajstić information content (AvgIpc) is 3.35. The maximum absolute atomic E-state index is 13.1. The number of benzene rings is 2. The standard InChI is InChI=1S/C27H27ClN6O/c1-2-29-27(35)33-18-21(11-14-24(33)20-7-4-3-5-8-20)25-17-23(19-9-12-22(28)13-10-19)32-34(25)26-30-15-6-16-31-26/h3-10,12-13,15-17,21,24H,2,11,14,18H2,1H3,(H,29,35)/t21-,24+/m0/s1. The van der Waals surface area contributed by atoms with E-state index in [1.165, 1.54) is 0 Å². The highest BCUT2D eigenvalue weighted by Crippen LogP contribution is 2.39. The zero-order chi connectivity index (χ0) is 24.2. The number of hydrogen-bond acceptors (Lipinski definition) is 4. The quantitative estimate of drug-likeness (QED) is 0.396. The summed E-state index contributed by atoms with van der Waals surface area (Å²) >= 11 is 6.10. The molecule has 8 heteroatoms. The molecule has 3 heterocycles. The number of urea groups is 1. The van der Waals surface area contributed by atoms with E-state index in [0.29, 0.717) is 24.1 Å². The van der Waals surface area contributed by atoms with Gasteiger partial charge in [-0.25, -0.2) is 19.4 Å². The van der Waals surface area contributed by atoms with E-state index in [1.807, 2.05) is 59.0 Å². The molecule has 1 fully saturated rings. The van der Waals surface area contributed by atoms with E-state index in [4.69, 9.17) is 16.7 Å². The van der Waals surface area contributed by atoms with Crippen molar-refractivity contribution in [3.05, 3.63) is 95.4 Å². The molecule has 178 valence electrons. The molecule has 1 saturated heterocycles. The number of carbonyl (C=O) groups excluding carboxylic acids is 1. The molecule has 0 radical (unpaired) electrons. The van der Waals surface area contributed by atoms with Crippen LogP contribution in [0.2, 0.25) is 5.02 Å². The van der Waals surface area contributed by atoms with Gasteiger partial charge in [-0.05, 0) is 49.6 Å². The van der Waals surface area contributed by atoms with Crippen LogP contribution in [0.3, 0.4) is 0 Å². The van der Waals surface area contributed by atoms with Crippen molar-refractivity contribution in [2.24, 2.45) is 0 Å². The molecule has 0 unspecified atom stereocenters. The van der Waals surface area contributed by atoms with Crippen molar-refractivity contribution in [3.63, 3.8) is 0 Å². The normalized spacial score (nSPS) is 17.8. The largest absolute Gasteiger partial charge is 0.338 e. The molecule has 0 aliphatic carbocycles. The smallest absolute Gasteiger partial charge is 0.317 e. The van der Waals surface area contributed by atoms with Crippen molar-refractivity contribution >= 4 is 17.6 Å². The lowest BCUT2D eigenvalue weighted by Crippen LogP contribution is -2.46. The molecule has 0 spiro atoms. The van der Waals surface area contributed by atoms with Gasteiger partial charge in [0, 0.05) is 42.0 Å². The summed E-state index contributed by atoms with van der Waals surface area (Å²) in [5.41, 5.74) is 3.92. The molecule has 7 nitrogen and oxygen atoms in total. The number of halogens is 1. The first kappa shape index (κ1) is 23.1. The zero-order valence-corrected chi connectivity index (χ0v) is 20.3. The fourth-order valence-corrected chi connectivity index (χ4v) is 4.85. The van der Waals surface area contributed by atoms with E-state index in [1.54, 1.807) is 18.5 Å². The van der Waals surface area contributed by atoms with Crippen LogP contribution in [0.25, 0.3) is 17.2 Å². The van der Waals surface area contributed by atoms with Crippen molar-refractivity contribution in [1.29, 1.82) is 0 Å². The van der Waals surface area contributed by atoms with Crippen molar-refractivity contribution in [2.45, 2.75) is 31.7 Å². The molecule has 1 aliphatic rings. The van der Waals surface area contributed by atoms with Gasteiger partial charge in [-0.2, -0.15) is 5.10 Å². The molecule has 2 aromatic heterocycles. The first-order valence-electron chi connectivity index (χ1n) is 11.9. The Bertz CT molecular complexity index is 1280. The third-order valence-corrected chi connectivity index (χ3v) is 6.64. The number of nitrogens with one attached hydrogen (secondary N) is 1. The molecular weight excluding hydrogens is 460 g/mol. The van der Waals surface area contributed by atoms with E-state index < -0.39 is 0 Å². The van der Waals surface area contributed by atoms with E-state index in [2.05, 4.69) is 33.5 Å². The molecule has 0 saturated carbocycles. The Kier molecular flexibility index (Phi) is 6.77. The molecule has 0 bridgehead atoms. The van der Waals surface area contributed by atoms with Crippen LogP contribution in [0.5, 0.6) is 0 Å². The number of carbonyl (C=O) groups is 1. The van der Waals surface area contributed by atoms with Crippen molar-refractivity contribution in [1.82, 2.24) is 30.0 Å². The van der Waals surface area contributed by atoms with Gasteiger partial charge >= 0.3 is 6.03 Å². The maximum Gasteiger partial charge on any atom is 0.317 e. The first-order valence-corrected chi connectivity index (χ1v) is 12.2. The second kappa shape index (κ2) is 10.3. The van der Waals surface area contributed by atoms with E-state index in [0.717, 1.165) is 35.4 Å². The molecule has 4 aromatic rings. The summed E-state index contributed by atoms with van der Waals surface area (Å²) in [5.74, 6) is 0.590. The van der Waals surface area contributed by atoms with Crippen LogP contribution in [-0.2, 0) is 0 Å². The Hall–Kier alpha value is -3.71. The lowest BCUT2D eigenvalue weighted by molar-refractivity contribution is 0.141. The van der Waals surface area contributed by atoms with Gasteiger partial charge < -0.3 is 10.2 Å². The Morgan fingerprint density at radius 1 is 1.03 bits per heavy atom. The molecule has 2 amide bonds. The summed E-state index contributed by atoms with van der Waals surface area (Å²) in [6.45, 7) is 3.10. The molecule has 35 heavy (non-hydrogen) atoms. The number of aromatic nitrogens is 4. The molecule has 5 rings (SSSR count). The second-order valence-corrected chi connectivity index (χ2v) is 9.05. The van der Waals surface area contributed by atoms with Crippen LogP contribution < -0.4 is 5.32 Å². The summed E-state index contributed by atoms with van der Waals surface area (Å²) in [6.07, 6.45) is 5.18. The first-order chi connectivity index (χ1) is 17.1. The fourth-order valence-electron chi connectivity index (χ4n) is 4.72. The molecule has 2 aromatic carbocycles. The minimum atomic E-state index is -0.0500. The average molecular weight is 487 g/mol. The molecule has 1 N–H and O–H groups in total. The highest BCUT2D eigenvalue weighted by Gasteiger charge is 2.35. The van der Waals surface area contributed by atoms with Crippen LogP contribution in [0.15, 0.2) is 79.1 Å². The SMILES string of the molecule is CCNC(=O)N1C[C@@H](c2cc(-c3ccc(Cl)cc3)nn2-c2ncccn2)CC[C@@H]1c1ccccc1. The van der Waals surface area contributed by atoms with Gasteiger partial charge in [-0.15, -0.1) is 0 Å². The van der Waals surface area contributed by atoms with Gasteiger partial charge in [0.25, 0.3) is 5.95 Å². The number of likely N-dealkylation sites (tertiary alicyclic amines) is 1. The molecule has 1 aliphatic heterocycles. The van der Waals surface area contributed by atoms with Crippen LogP contribution >= 0.6 is 11.6 Å². The Morgan fingerprint density at radius 3 is 2.49 bits per heavy atom. The Morgan fingerprint density at radius 2 is 1.77 bits per heavy atom. The van der Waals surface area contributed by atoms with E-state index in [-0.39, 0.29) is 18.0 Å². The van der Waals surface area contributed by atoms with Gasteiger partial charge in [0.05, 0.1) is 17.4 Å². The lowest BCUT2D eigenvalue weighted by atomic mass is 9.87. The maximum atomic E-state index is 13.1. The monoisotopic (exact) mass is 486 g/mol. The highest BCUT2D eigenvalue weighted by molar-refractivity contribution is 6.30. The van der Waals surface area contributed by atoms with Crippen LogP contribution in [0, 0.1) is 0 Å². The Labute approximate surface area is 209 Å². The topological polar surface area (TPSA) is 75.9 Å². The minimum absolute atomic E-state index is 0.0269. The van der Waals surface area contributed by atoms with Crippen LogP contribution in [0.4, 0.5) is 4.79 Å². The van der Waals surface area contributed by atoms with E-state index >= 15 is 0 Å². The molecule has 2 atom stereocenters. The van der Waals surface area contributed by atoms with Gasteiger partial charge in [-0.3, -0.25) is 0 Å². The summed E-state index contributed by atoms with van der Waals surface area (Å²) in [5, 5.41) is 8.54. The van der Waals surface area contributed by atoms with Gasteiger partial charge in [0.1, 0.15) is 0 Å². The number of amides is 2. The van der Waals surface area contributed by atoms with Gasteiger partial charge in [-0.1, -0.05) is 54.1 Å². The lowest BCUT2D eigenvalue weighted by Gasteiger charge is -2.40. The van der Waals surface area contributed by atoms with Crippen molar-refractivity contribution < 1.29 is 4.79 Å². The highest BCUT2D eigenvalue weighted by atomic mass is 35.5.